The second-order valence-corrected chi connectivity index (χ2v) is 3.42. The summed E-state index contributed by atoms with van der Waals surface area (Å²) in [6.07, 6.45) is 2.84. The van der Waals surface area contributed by atoms with Gasteiger partial charge in [0.2, 0.25) is 5.95 Å². The van der Waals surface area contributed by atoms with Gasteiger partial charge in [0.15, 0.2) is 5.65 Å². The first kappa shape index (κ1) is 9.92. The van der Waals surface area contributed by atoms with E-state index in [2.05, 4.69) is 22.3 Å². The van der Waals surface area contributed by atoms with Crippen LogP contribution >= 0.6 is 0 Å². The zero-order valence-electron chi connectivity index (χ0n) is 8.72. The molecule has 0 saturated heterocycles. The molecule has 0 aromatic carbocycles. The van der Waals surface area contributed by atoms with E-state index in [4.69, 9.17) is 5.73 Å². The predicted octanol–water partition coefficient (Wildman–Crippen LogP) is 0.879. The largest absolute Gasteiger partial charge is 0.349 e. The summed E-state index contributed by atoms with van der Waals surface area (Å²) in [6.45, 7) is 2.67. The van der Waals surface area contributed by atoms with E-state index in [0.717, 1.165) is 12.1 Å². The average Bonchev–Trinajstić information content (AvgIpc) is 2.68. The van der Waals surface area contributed by atoms with Crippen molar-refractivity contribution in [2.45, 2.75) is 19.4 Å². The van der Waals surface area contributed by atoms with Crippen LogP contribution in [0.5, 0.6) is 0 Å². The summed E-state index contributed by atoms with van der Waals surface area (Å²) in [6, 6.07) is 6.02. The first-order chi connectivity index (χ1) is 7.33. The van der Waals surface area contributed by atoms with Crippen LogP contribution in [-0.4, -0.2) is 27.2 Å². The van der Waals surface area contributed by atoms with E-state index in [-0.39, 0.29) is 6.04 Å². The predicted molar refractivity (Wildman–Crippen MR) is 59.7 cm³/mol. The molecule has 2 aromatic rings. The number of anilines is 1. The van der Waals surface area contributed by atoms with Crippen LogP contribution in [-0.2, 0) is 0 Å². The third-order valence-corrected chi connectivity index (χ3v) is 2.35. The molecule has 0 saturated carbocycles. The zero-order valence-corrected chi connectivity index (χ0v) is 8.72. The fraction of sp³-hybridized carbons (Fsp3) is 0.400. The summed E-state index contributed by atoms with van der Waals surface area (Å²) >= 11 is 0. The Kier molecular flexibility index (Phi) is 2.82. The Bertz CT molecular complexity index is 399. The monoisotopic (exact) mass is 205 g/mol. The summed E-state index contributed by atoms with van der Waals surface area (Å²) in [5.74, 6) is 0.638. The van der Waals surface area contributed by atoms with Gasteiger partial charge < -0.3 is 11.1 Å². The molecule has 0 bridgehead atoms. The number of nitrogens with one attached hydrogen (secondary N) is 1. The molecule has 0 aliphatic rings. The fourth-order valence-electron chi connectivity index (χ4n) is 1.40. The minimum atomic E-state index is 0.238. The Morgan fingerprint density at radius 1 is 1.53 bits per heavy atom. The van der Waals surface area contributed by atoms with Gasteiger partial charge >= 0.3 is 0 Å². The molecule has 2 heterocycles. The lowest BCUT2D eigenvalue weighted by Gasteiger charge is -2.11. The maximum Gasteiger partial charge on any atom is 0.243 e. The van der Waals surface area contributed by atoms with Crippen LogP contribution in [0.15, 0.2) is 24.4 Å². The van der Waals surface area contributed by atoms with Crippen molar-refractivity contribution in [3.8, 4) is 0 Å². The number of fused-ring (bicyclic) bond motifs is 1. The van der Waals surface area contributed by atoms with Crippen LogP contribution in [0.1, 0.15) is 13.3 Å². The summed E-state index contributed by atoms with van der Waals surface area (Å²) in [7, 11) is 0. The van der Waals surface area contributed by atoms with E-state index >= 15 is 0 Å². The van der Waals surface area contributed by atoms with Gasteiger partial charge in [-0.05, 0) is 18.6 Å². The molecule has 0 spiro atoms. The molecule has 0 aliphatic heterocycles. The lowest BCUT2D eigenvalue weighted by molar-refractivity contribution is 0.695. The molecule has 5 nitrogen and oxygen atoms in total. The summed E-state index contributed by atoms with van der Waals surface area (Å²) in [4.78, 5) is 4.33. The molecule has 2 aromatic heterocycles. The van der Waals surface area contributed by atoms with Gasteiger partial charge in [-0.3, -0.25) is 0 Å². The van der Waals surface area contributed by atoms with Gasteiger partial charge in [-0.1, -0.05) is 13.0 Å². The quantitative estimate of drug-likeness (QED) is 0.777. The molecular weight excluding hydrogens is 190 g/mol. The van der Waals surface area contributed by atoms with Crippen LogP contribution in [0.25, 0.3) is 5.65 Å². The van der Waals surface area contributed by atoms with E-state index in [9.17, 15) is 0 Å². The fourth-order valence-corrected chi connectivity index (χ4v) is 1.40. The average molecular weight is 205 g/mol. The molecule has 0 amide bonds. The van der Waals surface area contributed by atoms with E-state index in [1.807, 2.05) is 24.4 Å². The number of nitrogens with two attached hydrogens (primary N) is 1. The maximum atomic E-state index is 5.60. The van der Waals surface area contributed by atoms with Crippen molar-refractivity contribution in [1.82, 2.24) is 14.6 Å². The van der Waals surface area contributed by atoms with Crippen molar-refractivity contribution in [3.63, 3.8) is 0 Å². The topological polar surface area (TPSA) is 68.2 Å². The van der Waals surface area contributed by atoms with Gasteiger partial charge in [-0.25, -0.2) is 4.52 Å². The first-order valence-corrected chi connectivity index (χ1v) is 5.11. The highest BCUT2D eigenvalue weighted by Crippen LogP contribution is 2.06. The number of pyridine rings is 1. The molecule has 0 fully saturated rings. The second kappa shape index (κ2) is 4.27. The van der Waals surface area contributed by atoms with Crippen molar-refractivity contribution in [2.75, 3.05) is 11.9 Å². The summed E-state index contributed by atoms with van der Waals surface area (Å²) in [5.41, 5.74) is 6.44. The number of hydrogen-bond donors (Lipinski definition) is 2. The maximum absolute atomic E-state index is 5.60. The van der Waals surface area contributed by atoms with Crippen LogP contribution in [0.4, 0.5) is 5.95 Å². The Hall–Kier alpha value is -1.62. The number of nitrogens with zero attached hydrogens (tertiary/aromatic N) is 3. The third-order valence-electron chi connectivity index (χ3n) is 2.35. The molecule has 5 heteroatoms. The van der Waals surface area contributed by atoms with Crippen molar-refractivity contribution < 1.29 is 0 Å². The molecule has 2 rings (SSSR count). The summed E-state index contributed by atoms with van der Waals surface area (Å²) < 4.78 is 1.74. The smallest absolute Gasteiger partial charge is 0.243 e. The standard InChI is InChI=1S/C10H15N5/c1-2-8(7-11)12-10-13-9-5-3-4-6-15(9)14-10/h3-6,8H,2,7,11H2,1H3,(H,12,14). The van der Waals surface area contributed by atoms with E-state index in [0.29, 0.717) is 12.5 Å². The summed E-state index contributed by atoms with van der Waals surface area (Å²) in [5, 5.41) is 7.49. The highest BCUT2D eigenvalue weighted by atomic mass is 15.3. The second-order valence-electron chi connectivity index (χ2n) is 3.42. The molecule has 80 valence electrons. The van der Waals surface area contributed by atoms with Gasteiger partial charge in [0.1, 0.15) is 0 Å². The van der Waals surface area contributed by atoms with Crippen LogP contribution in [0.2, 0.25) is 0 Å². The molecular formula is C10H15N5. The van der Waals surface area contributed by atoms with Gasteiger partial charge in [-0.2, -0.15) is 4.98 Å². The van der Waals surface area contributed by atoms with Crippen LogP contribution in [0, 0.1) is 0 Å². The minimum Gasteiger partial charge on any atom is -0.349 e. The molecule has 1 atom stereocenters. The van der Waals surface area contributed by atoms with E-state index in [1.165, 1.54) is 0 Å². The Labute approximate surface area is 88.3 Å². The van der Waals surface area contributed by atoms with Crippen molar-refractivity contribution in [3.05, 3.63) is 24.4 Å². The van der Waals surface area contributed by atoms with Gasteiger partial charge in [0.05, 0.1) is 0 Å². The normalized spacial score (nSPS) is 12.9. The molecule has 15 heavy (non-hydrogen) atoms. The molecule has 3 N–H and O–H groups in total. The molecule has 0 radical (unpaired) electrons. The van der Waals surface area contributed by atoms with Gasteiger partial charge in [0.25, 0.3) is 0 Å². The number of rotatable bonds is 4. The lowest BCUT2D eigenvalue weighted by Crippen LogP contribution is -2.28. The Balaban J connectivity index is 2.21. The number of aromatic nitrogens is 3. The third kappa shape index (κ3) is 2.07. The van der Waals surface area contributed by atoms with E-state index < -0.39 is 0 Å². The van der Waals surface area contributed by atoms with E-state index in [1.54, 1.807) is 4.52 Å². The van der Waals surface area contributed by atoms with Gasteiger partial charge in [0, 0.05) is 18.8 Å². The lowest BCUT2D eigenvalue weighted by atomic mass is 10.2. The zero-order chi connectivity index (χ0) is 10.7. The Morgan fingerprint density at radius 3 is 3.07 bits per heavy atom. The van der Waals surface area contributed by atoms with Crippen molar-refractivity contribution in [2.24, 2.45) is 5.73 Å². The van der Waals surface area contributed by atoms with Crippen molar-refractivity contribution >= 4 is 11.6 Å². The Morgan fingerprint density at radius 2 is 2.40 bits per heavy atom. The van der Waals surface area contributed by atoms with Crippen LogP contribution < -0.4 is 11.1 Å². The highest BCUT2D eigenvalue weighted by molar-refractivity contribution is 5.43. The number of hydrogen-bond acceptors (Lipinski definition) is 4. The van der Waals surface area contributed by atoms with Gasteiger partial charge in [-0.15, -0.1) is 5.10 Å². The highest BCUT2D eigenvalue weighted by Gasteiger charge is 2.07. The molecule has 1 unspecified atom stereocenters. The van der Waals surface area contributed by atoms with Crippen molar-refractivity contribution in [1.29, 1.82) is 0 Å². The SMILES string of the molecule is CCC(CN)Nc1nc2ccccn2n1. The first-order valence-electron chi connectivity index (χ1n) is 5.11. The molecule has 0 aliphatic carbocycles. The minimum absolute atomic E-state index is 0.238. The van der Waals surface area contributed by atoms with Crippen LogP contribution in [0.3, 0.4) is 0 Å².